The van der Waals surface area contributed by atoms with Crippen molar-refractivity contribution in [3.05, 3.63) is 11.6 Å². The van der Waals surface area contributed by atoms with E-state index in [2.05, 4.69) is 32.3 Å². The van der Waals surface area contributed by atoms with E-state index in [1.807, 2.05) is 6.92 Å². The molecule has 2 nitrogen and oxygen atoms in total. The standard InChI is InChI=1S/C22H35NO/c1-14(24)18-7-8-19-17-6-5-15-13-16(23-4)9-11-21(15,2)20(17)10-12-22(18,19)3/h5,16-20,23H,6-13H2,1-4H3. The van der Waals surface area contributed by atoms with Crippen molar-refractivity contribution in [2.24, 2.45) is 34.5 Å². The monoisotopic (exact) mass is 329 g/mol. The molecule has 3 saturated carbocycles. The first-order valence-corrected chi connectivity index (χ1v) is 10.3. The third-order valence-corrected chi connectivity index (χ3v) is 9.00. The van der Waals surface area contributed by atoms with Crippen LogP contribution in [-0.2, 0) is 4.79 Å². The van der Waals surface area contributed by atoms with E-state index < -0.39 is 0 Å². The van der Waals surface area contributed by atoms with Crippen LogP contribution >= 0.6 is 0 Å². The first-order chi connectivity index (χ1) is 11.4. The van der Waals surface area contributed by atoms with Gasteiger partial charge in [0.05, 0.1) is 0 Å². The summed E-state index contributed by atoms with van der Waals surface area (Å²) in [6.07, 6.45) is 12.9. The fourth-order valence-electron chi connectivity index (χ4n) is 7.58. The van der Waals surface area contributed by atoms with Gasteiger partial charge in [0.1, 0.15) is 5.78 Å². The molecular formula is C22H35NO. The quantitative estimate of drug-likeness (QED) is 0.741. The van der Waals surface area contributed by atoms with Gasteiger partial charge in [-0.25, -0.2) is 0 Å². The zero-order valence-electron chi connectivity index (χ0n) is 16.0. The Morgan fingerprint density at radius 2 is 1.92 bits per heavy atom. The van der Waals surface area contributed by atoms with Crippen molar-refractivity contribution < 1.29 is 4.79 Å². The Balaban J connectivity index is 1.63. The van der Waals surface area contributed by atoms with Gasteiger partial charge in [-0.2, -0.15) is 0 Å². The van der Waals surface area contributed by atoms with Crippen molar-refractivity contribution in [2.75, 3.05) is 7.05 Å². The fraction of sp³-hybridized carbons (Fsp3) is 0.864. The third-order valence-electron chi connectivity index (χ3n) is 9.00. The number of hydrogen-bond donors (Lipinski definition) is 1. The molecule has 134 valence electrons. The second-order valence-electron chi connectivity index (χ2n) is 9.77. The van der Waals surface area contributed by atoms with Gasteiger partial charge in [0, 0.05) is 12.0 Å². The number of carbonyl (C=O) groups is 1. The highest BCUT2D eigenvalue weighted by Crippen LogP contribution is 2.66. The smallest absolute Gasteiger partial charge is 0.133 e. The summed E-state index contributed by atoms with van der Waals surface area (Å²) in [5.41, 5.74) is 2.47. The van der Waals surface area contributed by atoms with Gasteiger partial charge in [0.15, 0.2) is 0 Å². The second-order valence-corrected chi connectivity index (χ2v) is 9.77. The van der Waals surface area contributed by atoms with E-state index in [1.165, 1.54) is 44.9 Å². The number of hydrogen-bond acceptors (Lipinski definition) is 2. The van der Waals surface area contributed by atoms with Crippen molar-refractivity contribution in [3.63, 3.8) is 0 Å². The average molecular weight is 330 g/mol. The van der Waals surface area contributed by atoms with Crippen LogP contribution in [0.5, 0.6) is 0 Å². The molecule has 3 fully saturated rings. The molecule has 7 unspecified atom stereocenters. The van der Waals surface area contributed by atoms with Gasteiger partial charge in [-0.3, -0.25) is 4.79 Å². The van der Waals surface area contributed by atoms with Crippen molar-refractivity contribution in [2.45, 2.75) is 78.2 Å². The van der Waals surface area contributed by atoms with Crippen LogP contribution in [0.2, 0.25) is 0 Å². The molecular weight excluding hydrogens is 294 g/mol. The topological polar surface area (TPSA) is 29.1 Å². The molecule has 4 rings (SSSR count). The van der Waals surface area contributed by atoms with E-state index in [0.717, 1.165) is 24.2 Å². The molecule has 0 spiro atoms. The Morgan fingerprint density at radius 1 is 1.12 bits per heavy atom. The maximum Gasteiger partial charge on any atom is 0.133 e. The van der Waals surface area contributed by atoms with Crippen LogP contribution in [0, 0.1) is 34.5 Å². The maximum absolute atomic E-state index is 12.2. The molecule has 0 heterocycles. The molecule has 2 heteroatoms. The fourth-order valence-corrected chi connectivity index (χ4v) is 7.58. The Kier molecular flexibility index (Phi) is 3.99. The maximum atomic E-state index is 12.2. The Bertz CT molecular complexity index is 566. The second kappa shape index (κ2) is 5.69. The van der Waals surface area contributed by atoms with Crippen LogP contribution < -0.4 is 5.32 Å². The molecule has 0 aromatic carbocycles. The Hall–Kier alpha value is -0.630. The summed E-state index contributed by atoms with van der Waals surface area (Å²) < 4.78 is 0. The van der Waals surface area contributed by atoms with Crippen LogP contribution in [0.15, 0.2) is 11.6 Å². The number of nitrogens with one attached hydrogen (secondary N) is 1. The van der Waals surface area contributed by atoms with Gasteiger partial charge in [-0.05, 0) is 93.9 Å². The normalized spacial score (nSPS) is 50.5. The number of Topliss-reactive ketones (excluding diaryl/α,β-unsaturated/α-hetero) is 1. The van der Waals surface area contributed by atoms with Gasteiger partial charge in [-0.1, -0.05) is 25.5 Å². The van der Waals surface area contributed by atoms with E-state index in [4.69, 9.17) is 0 Å². The lowest BCUT2D eigenvalue weighted by atomic mass is 9.47. The summed E-state index contributed by atoms with van der Waals surface area (Å²) in [5.74, 6) is 3.25. The van der Waals surface area contributed by atoms with Crippen molar-refractivity contribution in [1.82, 2.24) is 5.32 Å². The minimum Gasteiger partial charge on any atom is -0.317 e. The largest absolute Gasteiger partial charge is 0.317 e. The van der Waals surface area contributed by atoms with Crippen LogP contribution in [0.3, 0.4) is 0 Å². The first-order valence-electron chi connectivity index (χ1n) is 10.3. The number of ketones is 1. The van der Waals surface area contributed by atoms with Gasteiger partial charge in [-0.15, -0.1) is 0 Å². The number of carbonyl (C=O) groups excluding carboxylic acids is 1. The molecule has 1 N–H and O–H groups in total. The third kappa shape index (κ3) is 2.21. The van der Waals surface area contributed by atoms with Crippen LogP contribution in [0.1, 0.15) is 72.1 Å². The number of rotatable bonds is 2. The van der Waals surface area contributed by atoms with Crippen LogP contribution in [-0.4, -0.2) is 18.9 Å². The van der Waals surface area contributed by atoms with Gasteiger partial charge in [0.25, 0.3) is 0 Å². The predicted molar refractivity (Wildman–Crippen MR) is 98.7 cm³/mol. The summed E-state index contributed by atoms with van der Waals surface area (Å²) in [6.45, 7) is 6.86. The highest BCUT2D eigenvalue weighted by atomic mass is 16.1. The van der Waals surface area contributed by atoms with E-state index in [9.17, 15) is 4.79 Å². The zero-order valence-corrected chi connectivity index (χ0v) is 16.0. The van der Waals surface area contributed by atoms with Crippen molar-refractivity contribution >= 4 is 5.78 Å². The SMILES string of the molecule is CNC1CCC2(C)C(=CCC3C2CCC2(C)C(C(C)=O)CCC32)C1. The molecule has 0 radical (unpaired) electrons. The lowest BCUT2D eigenvalue weighted by Crippen LogP contribution is -2.51. The van der Waals surface area contributed by atoms with Crippen molar-refractivity contribution in [1.29, 1.82) is 0 Å². The first kappa shape index (κ1) is 16.8. The summed E-state index contributed by atoms with van der Waals surface area (Å²) >= 11 is 0. The zero-order chi connectivity index (χ0) is 17.1. The number of allylic oxidation sites excluding steroid dienone is 1. The van der Waals surface area contributed by atoms with E-state index in [1.54, 1.807) is 5.57 Å². The molecule has 0 aromatic rings. The molecule has 0 aromatic heterocycles. The molecule has 0 saturated heterocycles. The molecule has 0 aliphatic heterocycles. The highest BCUT2D eigenvalue weighted by Gasteiger charge is 2.59. The lowest BCUT2D eigenvalue weighted by molar-refractivity contribution is -0.127. The molecule has 0 amide bonds. The van der Waals surface area contributed by atoms with Crippen LogP contribution in [0.25, 0.3) is 0 Å². The van der Waals surface area contributed by atoms with Gasteiger partial charge >= 0.3 is 0 Å². The number of fused-ring (bicyclic) bond motifs is 5. The summed E-state index contributed by atoms with van der Waals surface area (Å²) in [4.78, 5) is 12.2. The average Bonchev–Trinajstić information content (AvgIpc) is 2.91. The Labute approximate surface area is 147 Å². The molecule has 4 aliphatic carbocycles. The Morgan fingerprint density at radius 3 is 2.62 bits per heavy atom. The van der Waals surface area contributed by atoms with Gasteiger partial charge in [0.2, 0.25) is 0 Å². The summed E-state index contributed by atoms with van der Waals surface area (Å²) in [5, 5.41) is 3.51. The minimum atomic E-state index is 0.289. The predicted octanol–water partition coefficient (Wildman–Crippen LogP) is 4.74. The van der Waals surface area contributed by atoms with Gasteiger partial charge < -0.3 is 5.32 Å². The highest BCUT2D eigenvalue weighted by molar-refractivity contribution is 5.79. The molecule has 4 aliphatic rings. The van der Waals surface area contributed by atoms with E-state index in [0.29, 0.717) is 23.2 Å². The van der Waals surface area contributed by atoms with Crippen molar-refractivity contribution in [3.8, 4) is 0 Å². The molecule has 7 atom stereocenters. The van der Waals surface area contributed by atoms with Crippen LogP contribution in [0.4, 0.5) is 0 Å². The minimum absolute atomic E-state index is 0.289. The molecule has 24 heavy (non-hydrogen) atoms. The lowest BCUT2D eigenvalue weighted by Gasteiger charge is -2.58. The van der Waals surface area contributed by atoms with E-state index in [-0.39, 0.29) is 5.41 Å². The summed E-state index contributed by atoms with van der Waals surface area (Å²) in [6, 6.07) is 0.684. The van der Waals surface area contributed by atoms with E-state index >= 15 is 0 Å². The summed E-state index contributed by atoms with van der Waals surface area (Å²) in [7, 11) is 2.12. The molecule has 0 bridgehead atoms.